The molecular weight excluding hydrogens is 654 g/mol. The minimum atomic E-state index is 0.174. The van der Waals surface area contributed by atoms with Crippen LogP contribution in [0.1, 0.15) is 0 Å². The summed E-state index contributed by atoms with van der Waals surface area (Å²) < 4.78 is 11.4. The van der Waals surface area contributed by atoms with Gasteiger partial charge in [-0.15, -0.1) is 11.3 Å². The van der Waals surface area contributed by atoms with Crippen molar-refractivity contribution in [2.45, 2.75) is 0 Å². The Morgan fingerprint density at radius 1 is 0.540 bits per heavy atom. The van der Waals surface area contributed by atoms with Crippen molar-refractivity contribution in [3.8, 4) is 28.1 Å². The van der Waals surface area contributed by atoms with Crippen molar-refractivity contribution in [1.29, 1.82) is 0 Å². The highest BCUT2D eigenvalue weighted by Crippen LogP contribution is 2.49. The topological polar surface area (TPSA) is 43.9 Å². The van der Waals surface area contributed by atoms with Crippen LogP contribution in [0.25, 0.3) is 103 Å². The number of nitrogens with zero attached hydrogens (tertiary/aromatic N) is 3. The second kappa shape index (κ2) is 10.5. The van der Waals surface area contributed by atoms with Crippen LogP contribution in [-0.4, -0.2) is 14.5 Å². The van der Waals surface area contributed by atoms with Crippen LogP contribution in [0.5, 0.6) is 0 Å². The number of furan rings is 1. The second-order valence-electron chi connectivity index (χ2n) is 12.7. The van der Waals surface area contributed by atoms with Crippen LogP contribution >= 0.6 is 22.9 Å². The Labute approximate surface area is 294 Å². The van der Waals surface area contributed by atoms with Gasteiger partial charge in [0.2, 0.25) is 5.28 Å². The maximum Gasteiger partial charge on any atom is 0.225 e. The molecule has 0 atom stereocenters. The fraction of sp³-hybridized carbons (Fsp3) is 0. The first-order valence-corrected chi connectivity index (χ1v) is 17.7. The van der Waals surface area contributed by atoms with Gasteiger partial charge in [-0.1, -0.05) is 121 Å². The van der Waals surface area contributed by atoms with Crippen LogP contribution in [-0.2, 0) is 0 Å². The lowest BCUT2D eigenvalue weighted by atomic mass is 9.97. The predicted molar refractivity (Wildman–Crippen MR) is 210 cm³/mol. The maximum atomic E-state index is 6.79. The molecule has 0 fully saturated rings. The largest absolute Gasteiger partial charge is 0.450 e. The molecule has 0 aliphatic carbocycles. The highest BCUT2D eigenvalue weighted by atomic mass is 35.5. The van der Waals surface area contributed by atoms with Crippen LogP contribution in [0, 0.1) is 0 Å². The Morgan fingerprint density at radius 3 is 1.94 bits per heavy atom. The van der Waals surface area contributed by atoms with E-state index >= 15 is 0 Å². The van der Waals surface area contributed by atoms with E-state index in [4.69, 9.17) is 21.0 Å². The van der Waals surface area contributed by atoms with Gasteiger partial charge in [0.1, 0.15) is 11.1 Å². The van der Waals surface area contributed by atoms with Crippen molar-refractivity contribution in [3.63, 3.8) is 0 Å². The Hall–Kier alpha value is -6.01. The van der Waals surface area contributed by atoms with Crippen molar-refractivity contribution in [2.24, 2.45) is 0 Å². The van der Waals surface area contributed by atoms with Gasteiger partial charge in [-0.2, -0.15) is 4.98 Å². The van der Waals surface area contributed by atoms with E-state index < -0.39 is 0 Å². The number of para-hydroxylation sites is 1. The lowest BCUT2D eigenvalue weighted by Gasteiger charge is -2.11. The predicted octanol–water partition coefficient (Wildman–Crippen LogP) is 13.0. The Bertz CT molecular complexity index is 3160. The fourth-order valence-corrected chi connectivity index (χ4v) is 9.21. The van der Waals surface area contributed by atoms with Crippen molar-refractivity contribution in [3.05, 3.63) is 151 Å². The first-order valence-electron chi connectivity index (χ1n) is 16.5. The van der Waals surface area contributed by atoms with Crippen LogP contribution in [0.2, 0.25) is 5.28 Å². The summed E-state index contributed by atoms with van der Waals surface area (Å²) in [4.78, 5) is 9.64. The molecule has 0 aliphatic heterocycles. The standard InChI is InChI=1S/C44H24ClN3OS/c45-44-46-39-32-17-9-10-18-35(32)49-41(39)43(47-44)48-34-23-27(25-11-3-1-4-12-25)19-21-31(34)37-38-33-22-20-28(26-13-5-2-6-14-26)24-36(33)50-42(38)30-16-8-7-15-29(30)40(37)48/h1-24H. The molecule has 0 spiro atoms. The molecule has 4 heterocycles. The maximum absolute atomic E-state index is 6.79. The molecule has 0 saturated carbocycles. The lowest BCUT2D eigenvalue weighted by Crippen LogP contribution is -2.00. The molecule has 0 aliphatic rings. The van der Waals surface area contributed by atoms with Gasteiger partial charge in [-0.25, -0.2) is 4.98 Å². The Kier molecular flexibility index (Phi) is 5.85. The van der Waals surface area contributed by atoms with Crippen molar-refractivity contribution < 1.29 is 4.42 Å². The quantitative estimate of drug-likeness (QED) is 0.175. The normalized spacial score (nSPS) is 12.1. The first kappa shape index (κ1) is 27.9. The molecule has 7 aromatic carbocycles. The molecule has 0 radical (unpaired) electrons. The number of fused-ring (bicyclic) bond motifs is 13. The molecule has 0 unspecified atom stereocenters. The Morgan fingerprint density at radius 2 is 1.18 bits per heavy atom. The van der Waals surface area contributed by atoms with E-state index in [9.17, 15) is 0 Å². The molecule has 0 N–H and O–H groups in total. The van der Waals surface area contributed by atoms with Gasteiger partial charge in [0.25, 0.3) is 0 Å². The molecule has 0 amide bonds. The number of hydrogen-bond donors (Lipinski definition) is 0. The number of hydrogen-bond acceptors (Lipinski definition) is 4. The van der Waals surface area contributed by atoms with Gasteiger partial charge in [0.05, 0.1) is 11.0 Å². The van der Waals surface area contributed by atoms with Gasteiger partial charge in [-0.05, 0) is 58.1 Å². The minimum Gasteiger partial charge on any atom is -0.450 e. The van der Waals surface area contributed by atoms with E-state index in [2.05, 4.69) is 125 Å². The third-order valence-electron chi connectivity index (χ3n) is 9.94. The molecule has 4 nitrogen and oxygen atoms in total. The van der Waals surface area contributed by atoms with Crippen molar-refractivity contribution >= 4 is 97.8 Å². The van der Waals surface area contributed by atoms with Gasteiger partial charge in [-0.3, -0.25) is 4.57 Å². The van der Waals surface area contributed by atoms with E-state index in [1.807, 2.05) is 41.7 Å². The third-order valence-corrected chi connectivity index (χ3v) is 11.3. The van der Waals surface area contributed by atoms with Crippen LogP contribution in [0.15, 0.2) is 150 Å². The molecule has 6 heteroatoms. The lowest BCUT2D eigenvalue weighted by molar-refractivity contribution is 0.662. The van der Waals surface area contributed by atoms with E-state index in [-0.39, 0.29) is 5.28 Å². The molecule has 11 aromatic rings. The number of rotatable bonds is 3. The monoisotopic (exact) mass is 677 g/mol. The van der Waals surface area contributed by atoms with E-state index in [0.717, 1.165) is 43.9 Å². The van der Waals surface area contributed by atoms with Gasteiger partial charge in [0.15, 0.2) is 11.4 Å². The molecule has 0 bridgehead atoms. The summed E-state index contributed by atoms with van der Waals surface area (Å²) in [5, 5.41) is 8.23. The summed E-state index contributed by atoms with van der Waals surface area (Å²) in [7, 11) is 0. The summed E-state index contributed by atoms with van der Waals surface area (Å²) in [5.74, 6) is 0.622. The highest BCUT2D eigenvalue weighted by Gasteiger charge is 2.26. The summed E-state index contributed by atoms with van der Waals surface area (Å²) in [6.07, 6.45) is 0. The zero-order valence-electron chi connectivity index (χ0n) is 26.4. The molecule has 234 valence electrons. The van der Waals surface area contributed by atoms with Crippen LogP contribution < -0.4 is 0 Å². The van der Waals surface area contributed by atoms with Crippen molar-refractivity contribution in [1.82, 2.24) is 14.5 Å². The average Bonchev–Trinajstić information content (AvgIpc) is 3.85. The van der Waals surface area contributed by atoms with Gasteiger partial charge < -0.3 is 4.42 Å². The zero-order chi connectivity index (χ0) is 32.9. The van der Waals surface area contributed by atoms with E-state index in [0.29, 0.717) is 16.9 Å². The summed E-state index contributed by atoms with van der Waals surface area (Å²) in [5.41, 5.74) is 8.82. The summed E-state index contributed by atoms with van der Waals surface area (Å²) in [6, 6.07) is 51.4. The molecule has 0 saturated heterocycles. The summed E-state index contributed by atoms with van der Waals surface area (Å²) >= 11 is 8.65. The molecular formula is C44H24ClN3OS. The smallest absolute Gasteiger partial charge is 0.225 e. The number of halogens is 1. The van der Waals surface area contributed by atoms with Crippen LogP contribution in [0.4, 0.5) is 0 Å². The fourth-order valence-electron chi connectivity index (χ4n) is 7.76. The SMILES string of the molecule is Clc1nc(-n2c3cc(-c4ccccc4)ccc3c3c4c5ccc(-c6ccccc6)cc5sc4c4ccccc4c32)c2oc3ccccc3c2n1. The van der Waals surface area contributed by atoms with Gasteiger partial charge >= 0.3 is 0 Å². The van der Waals surface area contributed by atoms with E-state index in [1.165, 1.54) is 42.1 Å². The van der Waals surface area contributed by atoms with Gasteiger partial charge in [0, 0.05) is 47.1 Å². The third kappa shape index (κ3) is 3.93. The van der Waals surface area contributed by atoms with E-state index in [1.54, 1.807) is 0 Å². The average molecular weight is 678 g/mol. The number of aromatic nitrogens is 3. The molecule has 11 rings (SSSR count). The van der Waals surface area contributed by atoms with Crippen molar-refractivity contribution in [2.75, 3.05) is 0 Å². The second-order valence-corrected chi connectivity index (χ2v) is 14.1. The number of benzene rings is 7. The summed E-state index contributed by atoms with van der Waals surface area (Å²) in [6.45, 7) is 0. The first-order chi connectivity index (χ1) is 24.7. The number of thiophene rings is 1. The molecule has 50 heavy (non-hydrogen) atoms. The molecule has 4 aromatic heterocycles. The van der Waals surface area contributed by atoms with Crippen LogP contribution in [0.3, 0.4) is 0 Å². The minimum absolute atomic E-state index is 0.174. The zero-order valence-corrected chi connectivity index (χ0v) is 28.0. The highest BCUT2D eigenvalue weighted by molar-refractivity contribution is 7.27. The Balaban J connectivity index is 1.36.